The van der Waals surface area contributed by atoms with E-state index in [4.69, 9.17) is 0 Å². The van der Waals surface area contributed by atoms with E-state index in [9.17, 15) is 4.79 Å². The molecule has 0 radical (unpaired) electrons. The van der Waals surface area contributed by atoms with Gasteiger partial charge in [-0.3, -0.25) is 4.79 Å². The van der Waals surface area contributed by atoms with Gasteiger partial charge in [-0.05, 0) is 23.8 Å². The Morgan fingerprint density at radius 1 is 1.20 bits per heavy atom. The molecule has 0 spiro atoms. The minimum Gasteiger partial charge on any atom is -0.336 e. The molecule has 1 amide bonds. The largest absolute Gasteiger partial charge is 0.336 e. The van der Waals surface area contributed by atoms with Crippen molar-refractivity contribution in [3.8, 4) is 0 Å². The van der Waals surface area contributed by atoms with Gasteiger partial charge in [-0.15, -0.1) is 12.4 Å². The summed E-state index contributed by atoms with van der Waals surface area (Å²) in [6.07, 6.45) is 0. The van der Waals surface area contributed by atoms with Crippen molar-refractivity contribution < 1.29 is 4.79 Å². The fraction of sp³-hybridized carbons (Fsp3) is 0.312. The van der Waals surface area contributed by atoms with Gasteiger partial charge in [0, 0.05) is 31.2 Å². The second-order valence-electron chi connectivity index (χ2n) is 5.13. The predicted octanol–water partition coefficient (Wildman–Crippen LogP) is 2.70. The maximum Gasteiger partial charge on any atom is 0.254 e. The minimum absolute atomic E-state index is 0. The number of piperazine rings is 1. The number of benzene rings is 2. The number of carbonyl (C=O) groups excluding carboxylic acids is 1. The van der Waals surface area contributed by atoms with E-state index in [0.29, 0.717) is 6.04 Å². The lowest BCUT2D eigenvalue weighted by Gasteiger charge is -2.32. The van der Waals surface area contributed by atoms with Crippen LogP contribution in [0.1, 0.15) is 17.3 Å². The monoisotopic (exact) mass is 290 g/mol. The number of halogens is 1. The van der Waals surface area contributed by atoms with E-state index in [1.54, 1.807) is 0 Å². The zero-order chi connectivity index (χ0) is 13.2. The first-order valence-corrected chi connectivity index (χ1v) is 6.76. The van der Waals surface area contributed by atoms with E-state index in [1.165, 1.54) is 0 Å². The molecular weight excluding hydrogens is 272 g/mol. The van der Waals surface area contributed by atoms with Crippen molar-refractivity contribution in [2.24, 2.45) is 0 Å². The van der Waals surface area contributed by atoms with Gasteiger partial charge < -0.3 is 10.2 Å². The van der Waals surface area contributed by atoms with Gasteiger partial charge >= 0.3 is 0 Å². The molecule has 1 fully saturated rings. The second-order valence-corrected chi connectivity index (χ2v) is 5.13. The first-order chi connectivity index (χ1) is 9.25. The van der Waals surface area contributed by atoms with E-state index in [2.05, 4.69) is 12.2 Å². The summed E-state index contributed by atoms with van der Waals surface area (Å²) in [6, 6.07) is 14.4. The first-order valence-electron chi connectivity index (χ1n) is 6.76. The molecular formula is C16H19ClN2O. The molecule has 3 rings (SSSR count). The molecule has 0 aromatic heterocycles. The van der Waals surface area contributed by atoms with Crippen LogP contribution < -0.4 is 5.32 Å². The normalized spacial score (nSPS) is 18.6. The predicted molar refractivity (Wildman–Crippen MR) is 84.6 cm³/mol. The van der Waals surface area contributed by atoms with Gasteiger partial charge in [-0.1, -0.05) is 36.4 Å². The number of carbonyl (C=O) groups is 1. The van der Waals surface area contributed by atoms with Gasteiger partial charge in [-0.2, -0.15) is 0 Å². The lowest BCUT2D eigenvalue weighted by Crippen LogP contribution is -2.51. The summed E-state index contributed by atoms with van der Waals surface area (Å²) in [7, 11) is 0. The lowest BCUT2D eigenvalue weighted by atomic mass is 10.0. The Kier molecular flexibility index (Phi) is 4.63. The van der Waals surface area contributed by atoms with Crippen LogP contribution in [0.15, 0.2) is 42.5 Å². The molecule has 3 nitrogen and oxygen atoms in total. The van der Waals surface area contributed by atoms with Gasteiger partial charge in [0.1, 0.15) is 0 Å². The Labute approximate surface area is 125 Å². The van der Waals surface area contributed by atoms with E-state index in [-0.39, 0.29) is 18.3 Å². The molecule has 1 aliphatic heterocycles. The summed E-state index contributed by atoms with van der Waals surface area (Å²) in [5, 5.41) is 5.53. The van der Waals surface area contributed by atoms with Crippen molar-refractivity contribution >= 4 is 29.1 Å². The fourth-order valence-corrected chi connectivity index (χ4v) is 2.70. The molecule has 0 aliphatic carbocycles. The zero-order valence-electron chi connectivity index (χ0n) is 11.5. The topological polar surface area (TPSA) is 32.3 Å². The summed E-state index contributed by atoms with van der Waals surface area (Å²) in [6.45, 7) is 4.55. The van der Waals surface area contributed by atoms with Crippen molar-refractivity contribution in [2.75, 3.05) is 19.6 Å². The maximum atomic E-state index is 12.7. The van der Waals surface area contributed by atoms with Gasteiger partial charge in [0.05, 0.1) is 0 Å². The number of rotatable bonds is 1. The van der Waals surface area contributed by atoms with Crippen molar-refractivity contribution in [1.82, 2.24) is 10.2 Å². The fourth-order valence-electron chi connectivity index (χ4n) is 2.70. The molecule has 1 saturated heterocycles. The standard InChI is InChI=1S/C16H18N2O.ClH/c1-12-11-18(10-9-17-12)16(19)15-8-4-6-13-5-2-3-7-14(13)15;/h2-8,12,17H,9-11H2,1H3;1H. The highest BCUT2D eigenvalue weighted by atomic mass is 35.5. The van der Waals surface area contributed by atoms with Crippen LogP contribution in [0, 0.1) is 0 Å². The molecule has 0 bridgehead atoms. The number of nitrogens with zero attached hydrogens (tertiary/aromatic N) is 1. The Balaban J connectivity index is 0.00000147. The Morgan fingerprint density at radius 3 is 2.75 bits per heavy atom. The van der Waals surface area contributed by atoms with Crippen LogP contribution in [0.5, 0.6) is 0 Å². The van der Waals surface area contributed by atoms with Crippen LogP contribution in [0.2, 0.25) is 0 Å². The minimum atomic E-state index is 0. The van der Waals surface area contributed by atoms with Crippen molar-refractivity contribution in [3.05, 3.63) is 48.0 Å². The Bertz CT molecular complexity index is 609. The lowest BCUT2D eigenvalue weighted by molar-refractivity contribution is 0.0711. The van der Waals surface area contributed by atoms with E-state index in [0.717, 1.165) is 36.0 Å². The summed E-state index contributed by atoms with van der Waals surface area (Å²) in [4.78, 5) is 14.6. The number of hydrogen-bond donors (Lipinski definition) is 1. The van der Waals surface area contributed by atoms with Crippen LogP contribution >= 0.6 is 12.4 Å². The molecule has 2 aromatic rings. The second kappa shape index (κ2) is 6.25. The van der Waals surface area contributed by atoms with Crippen LogP contribution in [0.25, 0.3) is 10.8 Å². The average molecular weight is 291 g/mol. The van der Waals surface area contributed by atoms with E-state index in [1.807, 2.05) is 47.4 Å². The average Bonchev–Trinajstić information content (AvgIpc) is 2.46. The summed E-state index contributed by atoms with van der Waals surface area (Å²) >= 11 is 0. The van der Waals surface area contributed by atoms with Crippen molar-refractivity contribution in [2.45, 2.75) is 13.0 Å². The Morgan fingerprint density at radius 2 is 1.95 bits per heavy atom. The van der Waals surface area contributed by atoms with E-state index >= 15 is 0 Å². The quantitative estimate of drug-likeness (QED) is 0.876. The molecule has 4 heteroatoms. The summed E-state index contributed by atoms with van der Waals surface area (Å²) in [5.41, 5.74) is 0.812. The van der Waals surface area contributed by atoms with E-state index < -0.39 is 0 Å². The number of nitrogens with one attached hydrogen (secondary N) is 1. The molecule has 20 heavy (non-hydrogen) atoms. The van der Waals surface area contributed by atoms with Crippen molar-refractivity contribution in [1.29, 1.82) is 0 Å². The molecule has 1 aliphatic rings. The van der Waals surface area contributed by atoms with Gasteiger partial charge in [-0.25, -0.2) is 0 Å². The molecule has 2 aromatic carbocycles. The highest BCUT2D eigenvalue weighted by Gasteiger charge is 2.22. The van der Waals surface area contributed by atoms with Gasteiger partial charge in [0.25, 0.3) is 5.91 Å². The summed E-state index contributed by atoms with van der Waals surface area (Å²) in [5.74, 6) is 0.144. The smallest absolute Gasteiger partial charge is 0.254 e. The zero-order valence-corrected chi connectivity index (χ0v) is 12.3. The third-order valence-corrected chi connectivity index (χ3v) is 3.68. The number of fused-ring (bicyclic) bond motifs is 1. The Hall–Kier alpha value is -1.58. The summed E-state index contributed by atoms with van der Waals surface area (Å²) < 4.78 is 0. The van der Waals surface area contributed by atoms with Gasteiger partial charge in [0.15, 0.2) is 0 Å². The third-order valence-electron chi connectivity index (χ3n) is 3.68. The maximum absolute atomic E-state index is 12.7. The first kappa shape index (κ1) is 14.8. The molecule has 0 saturated carbocycles. The van der Waals surface area contributed by atoms with Crippen LogP contribution in [-0.2, 0) is 0 Å². The highest BCUT2D eigenvalue weighted by Crippen LogP contribution is 2.20. The van der Waals surface area contributed by atoms with Crippen LogP contribution in [0.3, 0.4) is 0 Å². The number of amides is 1. The number of hydrogen-bond acceptors (Lipinski definition) is 2. The van der Waals surface area contributed by atoms with Crippen LogP contribution in [0.4, 0.5) is 0 Å². The SMILES string of the molecule is CC1CN(C(=O)c2cccc3ccccc23)CCN1.Cl. The molecule has 1 atom stereocenters. The van der Waals surface area contributed by atoms with Crippen LogP contribution in [-0.4, -0.2) is 36.5 Å². The molecule has 106 valence electrons. The van der Waals surface area contributed by atoms with Crippen molar-refractivity contribution in [3.63, 3.8) is 0 Å². The third kappa shape index (κ3) is 2.79. The molecule has 1 heterocycles. The molecule has 1 N–H and O–H groups in total. The highest BCUT2D eigenvalue weighted by molar-refractivity contribution is 6.07. The molecule has 1 unspecified atom stereocenters. The van der Waals surface area contributed by atoms with Gasteiger partial charge in [0.2, 0.25) is 0 Å².